The van der Waals surface area contributed by atoms with Gasteiger partial charge in [-0.3, -0.25) is 14.9 Å². The highest BCUT2D eigenvalue weighted by atomic mass is 16.6. The molecule has 1 heterocycles. The zero-order chi connectivity index (χ0) is 17.1. The highest BCUT2D eigenvalue weighted by Crippen LogP contribution is 2.28. The van der Waals surface area contributed by atoms with E-state index in [0.717, 1.165) is 23.3 Å². The summed E-state index contributed by atoms with van der Waals surface area (Å²) in [6.07, 6.45) is 0.743. The van der Waals surface area contributed by atoms with Gasteiger partial charge in [0.15, 0.2) is 0 Å². The first-order valence-corrected chi connectivity index (χ1v) is 7.80. The van der Waals surface area contributed by atoms with Crippen molar-refractivity contribution in [2.45, 2.75) is 40.3 Å². The van der Waals surface area contributed by atoms with E-state index in [9.17, 15) is 14.9 Å². The van der Waals surface area contributed by atoms with Crippen LogP contribution >= 0.6 is 0 Å². The Labute approximate surface area is 136 Å². The summed E-state index contributed by atoms with van der Waals surface area (Å²) in [7, 11) is 0. The van der Waals surface area contributed by atoms with Gasteiger partial charge in [0.1, 0.15) is 6.17 Å². The molecular formula is C17H23N3O3. The predicted octanol–water partition coefficient (Wildman–Crippen LogP) is 3.56. The first kappa shape index (κ1) is 17.0. The molecule has 0 saturated heterocycles. The summed E-state index contributed by atoms with van der Waals surface area (Å²) >= 11 is 0. The van der Waals surface area contributed by atoms with Crippen LogP contribution in [0.3, 0.4) is 0 Å². The molecule has 0 fully saturated rings. The van der Waals surface area contributed by atoms with Crippen LogP contribution in [-0.2, 0) is 4.79 Å². The molecule has 1 atom stereocenters. The number of nitro groups is 1. The summed E-state index contributed by atoms with van der Waals surface area (Å²) in [6, 6.07) is 6.27. The monoisotopic (exact) mass is 317 g/mol. The van der Waals surface area contributed by atoms with Crippen molar-refractivity contribution in [1.82, 2.24) is 4.90 Å². The molecular weight excluding hydrogens is 294 g/mol. The van der Waals surface area contributed by atoms with Gasteiger partial charge in [0, 0.05) is 29.9 Å². The summed E-state index contributed by atoms with van der Waals surface area (Å²) in [4.78, 5) is 24.5. The number of nitro benzene ring substituents is 1. The van der Waals surface area contributed by atoms with Crippen LogP contribution in [-0.4, -0.2) is 28.4 Å². The molecule has 0 aromatic heterocycles. The number of rotatable bonds is 6. The van der Waals surface area contributed by atoms with Crippen LogP contribution in [0, 0.1) is 16.0 Å². The van der Waals surface area contributed by atoms with E-state index in [1.807, 2.05) is 18.7 Å². The Bertz CT molecular complexity index is 635. The molecule has 1 aromatic carbocycles. The van der Waals surface area contributed by atoms with E-state index in [4.69, 9.17) is 0 Å². The maximum atomic E-state index is 12.4. The van der Waals surface area contributed by atoms with E-state index < -0.39 is 4.92 Å². The first-order valence-electron chi connectivity index (χ1n) is 7.80. The van der Waals surface area contributed by atoms with Gasteiger partial charge < -0.3 is 10.2 Å². The van der Waals surface area contributed by atoms with E-state index in [1.165, 1.54) is 12.1 Å². The Morgan fingerprint density at radius 3 is 2.39 bits per heavy atom. The maximum Gasteiger partial charge on any atom is 0.269 e. The molecule has 0 saturated carbocycles. The van der Waals surface area contributed by atoms with Crippen LogP contribution in [0.15, 0.2) is 35.4 Å². The second-order valence-corrected chi connectivity index (χ2v) is 6.34. The lowest BCUT2D eigenvalue weighted by Gasteiger charge is -2.28. The molecule has 6 heteroatoms. The molecule has 0 radical (unpaired) electrons. The van der Waals surface area contributed by atoms with Crippen molar-refractivity contribution in [3.63, 3.8) is 0 Å². The van der Waals surface area contributed by atoms with E-state index in [0.29, 0.717) is 12.5 Å². The largest absolute Gasteiger partial charge is 0.362 e. The number of benzene rings is 1. The van der Waals surface area contributed by atoms with Gasteiger partial charge in [-0.15, -0.1) is 0 Å². The van der Waals surface area contributed by atoms with Gasteiger partial charge >= 0.3 is 0 Å². The number of carbonyl (C=O) groups excluding carboxylic acids is 1. The smallest absolute Gasteiger partial charge is 0.269 e. The van der Waals surface area contributed by atoms with Crippen molar-refractivity contribution in [3.05, 3.63) is 45.5 Å². The third-order valence-electron chi connectivity index (χ3n) is 4.22. The summed E-state index contributed by atoms with van der Waals surface area (Å²) in [5.74, 6) is 0.576. The summed E-state index contributed by atoms with van der Waals surface area (Å²) < 4.78 is 0. The quantitative estimate of drug-likeness (QED) is 0.643. The molecule has 1 aliphatic rings. The van der Waals surface area contributed by atoms with E-state index in [2.05, 4.69) is 19.2 Å². The number of hydrogen-bond acceptors (Lipinski definition) is 4. The van der Waals surface area contributed by atoms with Crippen molar-refractivity contribution in [3.8, 4) is 0 Å². The van der Waals surface area contributed by atoms with Crippen LogP contribution in [0.4, 0.5) is 11.4 Å². The third-order valence-corrected chi connectivity index (χ3v) is 4.22. The standard InChI is InChI=1S/C17H23N3O3/c1-11(2)9-10-19-16(12(3)13(4)17(19)21)18-14-5-7-15(8-6-14)20(22)23/h5-8,11,16,18H,9-10H2,1-4H3/t16-/m1/s1. The highest BCUT2D eigenvalue weighted by molar-refractivity contribution is 5.97. The Kier molecular flexibility index (Phi) is 5.03. The molecule has 1 amide bonds. The molecule has 2 rings (SSSR count). The van der Waals surface area contributed by atoms with Crippen molar-refractivity contribution in [1.29, 1.82) is 0 Å². The van der Waals surface area contributed by atoms with Crippen LogP contribution in [0.2, 0.25) is 0 Å². The fourth-order valence-electron chi connectivity index (χ4n) is 2.59. The lowest BCUT2D eigenvalue weighted by molar-refractivity contribution is -0.384. The SMILES string of the molecule is CC1=C(C)[C@H](Nc2ccc([N+](=O)[O-])cc2)N(CCC(C)C)C1=O. The fourth-order valence-corrected chi connectivity index (χ4v) is 2.59. The molecule has 1 aliphatic heterocycles. The molecule has 0 bridgehead atoms. The molecule has 0 aliphatic carbocycles. The third kappa shape index (κ3) is 3.70. The summed E-state index contributed by atoms with van der Waals surface area (Å²) in [5, 5.41) is 14.0. The van der Waals surface area contributed by atoms with Gasteiger partial charge in [0.05, 0.1) is 4.92 Å². The lowest BCUT2D eigenvalue weighted by atomic mass is 10.1. The number of anilines is 1. The van der Waals surface area contributed by atoms with Crippen LogP contribution < -0.4 is 5.32 Å². The van der Waals surface area contributed by atoms with Gasteiger partial charge in [-0.05, 0) is 43.9 Å². The number of non-ortho nitro benzene ring substituents is 1. The minimum atomic E-state index is -0.423. The summed E-state index contributed by atoms with van der Waals surface area (Å²) in [5.41, 5.74) is 2.58. The number of hydrogen-bond donors (Lipinski definition) is 1. The Morgan fingerprint density at radius 2 is 1.87 bits per heavy atom. The predicted molar refractivity (Wildman–Crippen MR) is 90.0 cm³/mol. The second kappa shape index (κ2) is 6.81. The summed E-state index contributed by atoms with van der Waals surface area (Å²) in [6.45, 7) is 8.75. The maximum absolute atomic E-state index is 12.4. The minimum absolute atomic E-state index is 0.0538. The van der Waals surface area contributed by atoms with Crippen molar-refractivity contribution in [2.75, 3.05) is 11.9 Å². The number of amides is 1. The molecule has 124 valence electrons. The number of nitrogens with zero attached hydrogens (tertiary/aromatic N) is 2. The molecule has 23 heavy (non-hydrogen) atoms. The van der Waals surface area contributed by atoms with Crippen molar-refractivity contribution in [2.24, 2.45) is 5.92 Å². The molecule has 1 N–H and O–H groups in total. The molecule has 0 spiro atoms. The second-order valence-electron chi connectivity index (χ2n) is 6.34. The molecule has 0 unspecified atom stereocenters. The number of carbonyl (C=O) groups is 1. The van der Waals surface area contributed by atoms with E-state index in [-0.39, 0.29) is 17.8 Å². The van der Waals surface area contributed by atoms with Crippen molar-refractivity contribution >= 4 is 17.3 Å². The van der Waals surface area contributed by atoms with Gasteiger partial charge in [-0.2, -0.15) is 0 Å². The first-order chi connectivity index (χ1) is 10.8. The van der Waals surface area contributed by atoms with Crippen molar-refractivity contribution < 1.29 is 9.72 Å². The highest BCUT2D eigenvalue weighted by Gasteiger charge is 2.34. The van der Waals surface area contributed by atoms with Crippen LogP contribution in [0.5, 0.6) is 0 Å². The molecule has 1 aromatic rings. The Morgan fingerprint density at radius 1 is 1.26 bits per heavy atom. The Balaban J connectivity index is 2.17. The van der Waals surface area contributed by atoms with E-state index in [1.54, 1.807) is 12.1 Å². The fraction of sp³-hybridized carbons (Fsp3) is 0.471. The zero-order valence-electron chi connectivity index (χ0n) is 14.0. The minimum Gasteiger partial charge on any atom is -0.362 e. The number of nitrogens with one attached hydrogen (secondary N) is 1. The average Bonchev–Trinajstić information content (AvgIpc) is 2.70. The molecule has 6 nitrogen and oxygen atoms in total. The topological polar surface area (TPSA) is 75.5 Å². The van der Waals surface area contributed by atoms with Crippen LogP contribution in [0.1, 0.15) is 34.1 Å². The average molecular weight is 317 g/mol. The van der Waals surface area contributed by atoms with Gasteiger partial charge in [0.2, 0.25) is 0 Å². The van der Waals surface area contributed by atoms with Gasteiger partial charge in [-0.25, -0.2) is 0 Å². The van der Waals surface area contributed by atoms with Gasteiger partial charge in [-0.1, -0.05) is 13.8 Å². The normalized spacial score (nSPS) is 18.0. The van der Waals surface area contributed by atoms with Gasteiger partial charge in [0.25, 0.3) is 11.6 Å². The van der Waals surface area contributed by atoms with E-state index >= 15 is 0 Å². The lowest BCUT2D eigenvalue weighted by Crippen LogP contribution is -2.41. The van der Waals surface area contributed by atoms with Crippen LogP contribution in [0.25, 0.3) is 0 Å². The Hall–Kier alpha value is -2.37. The zero-order valence-corrected chi connectivity index (χ0v) is 14.0.